The Kier molecular flexibility index (Phi) is 2.75. The molecule has 0 aromatic carbocycles. The van der Waals surface area contributed by atoms with Crippen molar-refractivity contribution in [3.63, 3.8) is 0 Å². The number of hydrogen-bond acceptors (Lipinski definition) is 1. The molecule has 1 aliphatic heterocycles. The highest BCUT2D eigenvalue weighted by molar-refractivity contribution is 5.89. The summed E-state index contributed by atoms with van der Waals surface area (Å²) in [5.41, 5.74) is 4.81. The van der Waals surface area contributed by atoms with Gasteiger partial charge in [-0.15, -0.1) is 0 Å². The van der Waals surface area contributed by atoms with E-state index in [1.807, 2.05) is 0 Å². The zero-order valence-electron chi connectivity index (χ0n) is 19.0. The largest absolute Gasteiger partial charge is 0.317 e. The minimum absolute atomic E-state index is 0.809. The molecule has 2 nitrogen and oxygen atoms in total. The number of allylic oxidation sites excluding steroid dienone is 2. The summed E-state index contributed by atoms with van der Waals surface area (Å²) in [6.07, 6.45) is 18.5. The van der Waals surface area contributed by atoms with Crippen LogP contribution in [-0.2, 0) is 0 Å². The first-order valence-electron chi connectivity index (χ1n) is 13.6. The quantitative estimate of drug-likeness (QED) is 0.568. The van der Waals surface area contributed by atoms with Gasteiger partial charge in [-0.25, -0.2) is 4.58 Å². The van der Waals surface area contributed by atoms with Crippen molar-refractivity contribution in [2.45, 2.75) is 90.1 Å². The van der Waals surface area contributed by atoms with E-state index in [1.54, 1.807) is 75.6 Å². The van der Waals surface area contributed by atoms with Gasteiger partial charge in [-0.3, -0.25) is 0 Å². The van der Waals surface area contributed by atoms with Crippen LogP contribution in [0.4, 0.5) is 0 Å². The van der Waals surface area contributed by atoms with Crippen LogP contribution in [0.25, 0.3) is 0 Å². The van der Waals surface area contributed by atoms with E-state index in [0.717, 1.165) is 70.3 Å². The molecule has 1 heterocycles. The number of rotatable bonds is 2. The lowest BCUT2D eigenvalue weighted by atomic mass is 9.51. The number of nitrogens with zero attached hydrogens (tertiary/aromatic N) is 2. The monoisotopic (exact) mass is 403 g/mol. The molecule has 8 fully saturated rings. The van der Waals surface area contributed by atoms with Gasteiger partial charge in [-0.1, -0.05) is 0 Å². The van der Waals surface area contributed by atoms with E-state index in [-0.39, 0.29) is 0 Å². The van der Waals surface area contributed by atoms with Crippen LogP contribution in [0.2, 0.25) is 0 Å². The molecule has 8 saturated carbocycles. The second-order valence-electron chi connectivity index (χ2n) is 14.1. The third kappa shape index (κ3) is 1.63. The van der Waals surface area contributed by atoms with Crippen molar-refractivity contribution in [1.82, 2.24) is 4.90 Å². The molecule has 8 aliphatic carbocycles. The predicted molar refractivity (Wildman–Crippen MR) is 118 cm³/mol. The lowest BCUT2D eigenvalue weighted by Crippen LogP contribution is -2.66. The Morgan fingerprint density at radius 2 is 1.23 bits per heavy atom. The van der Waals surface area contributed by atoms with Gasteiger partial charge in [0, 0.05) is 36.6 Å². The van der Waals surface area contributed by atoms with Crippen LogP contribution in [0, 0.1) is 58.2 Å². The topological polar surface area (TPSA) is 6.25 Å². The average molecular weight is 404 g/mol. The molecule has 0 radical (unpaired) electrons. The fourth-order valence-corrected chi connectivity index (χ4v) is 13.1. The summed E-state index contributed by atoms with van der Waals surface area (Å²) < 4.78 is 2.96. The molecule has 0 N–H and O–H groups in total. The fraction of sp³-hybridized carbons (Fsp3) is 0.893. The molecule has 8 unspecified atom stereocenters. The molecule has 6 bridgehead atoms. The lowest BCUT2D eigenvalue weighted by Gasteiger charge is -2.60. The SMILES string of the molecule is CC1=CC(C)=[N+](C2C3CC4CC5CC2C3(C4)C5)CN1C1C2CC3CC4CC1C2(C3)C4. The van der Waals surface area contributed by atoms with E-state index in [1.165, 1.54) is 6.67 Å². The molecule has 9 rings (SSSR count). The van der Waals surface area contributed by atoms with E-state index < -0.39 is 0 Å². The van der Waals surface area contributed by atoms with Gasteiger partial charge < -0.3 is 4.90 Å². The zero-order valence-corrected chi connectivity index (χ0v) is 19.0. The maximum atomic E-state index is 2.96. The Bertz CT molecular complexity index is 879. The number of fused-ring (bicyclic) bond motifs is 4. The molecule has 0 saturated heterocycles. The Balaban J connectivity index is 1.06. The minimum Gasteiger partial charge on any atom is -0.317 e. The molecule has 160 valence electrons. The van der Waals surface area contributed by atoms with Crippen molar-refractivity contribution >= 4 is 5.71 Å². The molecular weight excluding hydrogens is 364 g/mol. The van der Waals surface area contributed by atoms with Crippen molar-refractivity contribution in [2.24, 2.45) is 58.2 Å². The van der Waals surface area contributed by atoms with Crippen molar-refractivity contribution in [3.05, 3.63) is 11.8 Å². The van der Waals surface area contributed by atoms with Crippen LogP contribution >= 0.6 is 0 Å². The van der Waals surface area contributed by atoms with Gasteiger partial charge in [0.05, 0.1) is 0 Å². The first-order chi connectivity index (χ1) is 14.6. The predicted octanol–water partition coefficient (Wildman–Crippen LogP) is 5.29. The van der Waals surface area contributed by atoms with Crippen LogP contribution in [0.3, 0.4) is 0 Å². The zero-order chi connectivity index (χ0) is 19.6. The van der Waals surface area contributed by atoms with E-state index in [0.29, 0.717) is 0 Å². The van der Waals surface area contributed by atoms with E-state index in [4.69, 9.17) is 0 Å². The van der Waals surface area contributed by atoms with Gasteiger partial charge in [0.15, 0.2) is 11.8 Å². The highest BCUT2D eigenvalue weighted by Crippen LogP contribution is 2.77. The van der Waals surface area contributed by atoms with Crippen LogP contribution in [0.5, 0.6) is 0 Å². The summed E-state index contributed by atoms with van der Waals surface area (Å²) in [5.74, 6) is 8.53. The van der Waals surface area contributed by atoms with Crippen molar-refractivity contribution in [1.29, 1.82) is 0 Å². The van der Waals surface area contributed by atoms with Crippen LogP contribution in [0.15, 0.2) is 11.8 Å². The molecule has 2 spiro atoms. The van der Waals surface area contributed by atoms with E-state index >= 15 is 0 Å². The first-order valence-corrected chi connectivity index (χ1v) is 13.6. The van der Waals surface area contributed by atoms with Crippen molar-refractivity contribution in [2.75, 3.05) is 6.67 Å². The minimum atomic E-state index is 0.809. The fourth-order valence-electron chi connectivity index (χ4n) is 13.1. The summed E-state index contributed by atoms with van der Waals surface area (Å²) in [5, 5.41) is 0. The highest BCUT2D eigenvalue weighted by atomic mass is 15.3. The second-order valence-corrected chi connectivity index (χ2v) is 14.1. The van der Waals surface area contributed by atoms with Gasteiger partial charge >= 0.3 is 0 Å². The molecule has 0 aromatic rings. The van der Waals surface area contributed by atoms with Gasteiger partial charge in [0.1, 0.15) is 0 Å². The second kappa shape index (κ2) is 4.91. The van der Waals surface area contributed by atoms with E-state index in [9.17, 15) is 0 Å². The maximum Gasteiger partial charge on any atom is 0.219 e. The summed E-state index contributed by atoms with van der Waals surface area (Å²) in [7, 11) is 0. The lowest BCUT2D eigenvalue weighted by molar-refractivity contribution is -0.627. The third-order valence-corrected chi connectivity index (χ3v) is 13.3. The highest BCUT2D eigenvalue weighted by Gasteiger charge is 2.76. The molecule has 9 aliphatic rings. The Hall–Kier alpha value is -0.790. The van der Waals surface area contributed by atoms with Crippen LogP contribution < -0.4 is 0 Å². The Morgan fingerprint density at radius 3 is 1.80 bits per heavy atom. The summed E-state index contributed by atoms with van der Waals surface area (Å²) in [6, 6.07) is 1.77. The van der Waals surface area contributed by atoms with Gasteiger partial charge in [-0.05, 0) is 117 Å². The summed E-state index contributed by atoms with van der Waals surface area (Å²) in [6.45, 7) is 6.12. The molecule has 30 heavy (non-hydrogen) atoms. The molecule has 2 heteroatoms. The van der Waals surface area contributed by atoms with Gasteiger partial charge in [-0.2, -0.15) is 0 Å². The molecular formula is C28H39N2+. The normalized spacial score (nSPS) is 63.1. The Labute approximate surface area is 182 Å². The molecule has 0 amide bonds. The first kappa shape index (κ1) is 16.8. The van der Waals surface area contributed by atoms with Crippen molar-refractivity contribution in [3.8, 4) is 0 Å². The van der Waals surface area contributed by atoms with Crippen LogP contribution in [-0.4, -0.2) is 33.9 Å². The van der Waals surface area contributed by atoms with Gasteiger partial charge in [0.25, 0.3) is 0 Å². The number of hydrogen-bond donors (Lipinski definition) is 0. The molecule has 8 atom stereocenters. The molecule has 0 aromatic heterocycles. The van der Waals surface area contributed by atoms with Crippen LogP contribution in [0.1, 0.15) is 78.1 Å². The third-order valence-electron chi connectivity index (χ3n) is 13.3. The van der Waals surface area contributed by atoms with Crippen molar-refractivity contribution < 1.29 is 4.58 Å². The van der Waals surface area contributed by atoms with Gasteiger partial charge in [0.2, 0.25) is 6.67 Å². The average Bonchev–Trinajstić information content (AvgIpc) is 3.26. The van der Waals surface area contributed by atoms with E-state index in [2.05, 4.69) is 29.4 Å². The standard InChI is InChI=1S/C28H39N2/c1-15-3-16(2)30(26-23-8-19-5-20-9-24(26)28(23,12-19)13-20)14-29(15)25-21-6-17-4-18-7-22(25)27(21,10-17)11-18/h3,17-26H,4-14H2,1-2H3/q+1. The summed E-state index contributed by atoms with van der Waals surface area (Å²) in [4.78, 5) is 2.96. The summed E-state index contributed by atoms with van der Waals surface area (Å²) >= 11 is 0. The maximum absolute atomic E-state index is 2.96. The Morgan fingerprint density at radius 1 is 0.733 bits per heavy atom. The smallest absolute Gasteiger partial charge is 0.219 e.